The minimum absolute atomic E-state index is 0.0611. The Bertz CT molecular complexity index is 1050. The number of hydrogen-bond acceptors (Lipinski definition) is 4. The van der Waals surface area contributed by atoms with Crippen LogP contribution in [0, 0.1) is 11.6 Å². The maximum Gasteiger partial charge on any atom is 0.336 e. The Morgan fingerprint density at radius 1 is 1.15 bits per heavy atom. The van der Waals surface area contributed by atoms with Crippen molar-refractivity contribution in [3.05, 3.63) is 75.6 Å². The lowest BCUT2D eigenvalue weighted by Gasteiger charge is -2.08. The van der Waals surface area contributed by atoms with Crippen LogP contribution in [-0.2, 0) is 17.0 Å². The van der Waals surface area contributed by atoms with Crippen LogP contribution >= 0.6 is 11.8 Å². The molecule has 1 aromatic heterocycles. The molecule has 0 saturated carbocycles. The summed E-state index contributed by atoms with van der Waals surface area (Å²) in [6.07, 6.45) is 0.832. The summed E-state index contributed by atoms with van der Waals surface area (Å²) in [5.74, 6) is -1.46. The topological polar surface area (TPSA) is 59.3 Å². The maximum absolute atomic E-state index is 13.6. The van der Waals surface area contributed by atoms with Gasteiger partial charge in [-0.15, -0.1) is 11.8 Å². The smallest absolute Gasteiger partial charge is 0.336 e. The number of anilines is 1. The van der Waals surface area contributed by atoms with Gasteiger partial charge in [0, 0.05) is 23.3 Å². The fourth-order valence-electron chi connectivity index (χ4n) is 2.64. The SMILES string of the molecule is CCc1ccc2c(CSCC(=O)Nc3ccc(F)cc3F)cc(=O)oc2c1. The van der Waals surface area contributed by atoms with E-state index in [2.05, 4.69) is 5.32 Å². The number of thioether (sulfide) groups is 1. The molecule has 0 radical (unpaired) electrons. The Morgan fingerprint density at radius 2 is 1.96 bits per heavy atom. The summed E-state index contributed by atoms with van der Waals surface area (Å²) in [6, 6.07) is 10.1. The molecule has 0 bridgehead atoms. The first-order valence-corrected chi connectivity index (χ1v) is 9.50. The van der Waals surface area contributed by atoms with Crippen molar-refractivity contribution in [3.8, 4) is 0 Å². The van der Waals surface area contributed by atoms with E-state index in [1.165, 1.54) is 23.9 Å². The molecule has 0 aliphatic heterocycles. The standard InChI is InChI=1S/C20H17F2NO3S/c1-2-12-3-5-15-13(8-20(25)26-18(15)7-12)10-27-11-19(24)23-17-6-4-14(21)9-16(17)22/h3-9H,2,10-11H2,1H3,(H,23,24). The van der Waals surface area contributed by atoms with Gasteiger partial charge in [-0.2, -0.15) is 0 Å². The minimum atomic E-state index is -0.827. The van der Waals surface area contributed by atoms with E-state index >= 15 is 0 Å². The zero-order chi connectivity index (χ0) is 19.4. The predicted octanol–water partition coefficient (Wildman–Crippen LogP) is 4.51. The molecule has 0 saturated heterocycles. The molecule has 0 aliphatic carbocycles. The van der Waals surface area contributed by atoms with Gasteiger partial charge in [0.2, 0.25) is 5.91 Å². The summed E-state index contributed by atoms with van der Waals surface area (Å²) in [7, 11) is 0. The number of carbonyl (C=O) groups is 1. The quantitative estimate of drug-likeness (QED) is 0.631. The summed E-state index contributed by atoms with van der Waals surface area (Å²) in [4.78, 5) is 23.8. The maximum atomic E-state index is 13.6. The fraction of sp³-hybridized carbons (Fsp3) is 0.200. The van der Waals surface area contributed by atoms with Crippen molar-refractivity contribution in [1.82, 2.24) is 0 Å². The number of rotatable bonds is 6. The number of carbonyl (C=O) groups excluding carboxylic acids is 1. The highest BCUT2D eigenvalue weighted by atomic mass is 32.2. The molecule has 0 fully saturated rings. The molecule has 3 rings (SSSR count). The van der Waals surface area contributed by atoms with E-state index in [-0.39, 0.29) is 11.4 Å². The number of benzene rings is 2. The molecule has 7 heteroatoms. The largest absolute Gasteiger partial charge is 0.423 e. The Labute approximate surface area is 158 Å². The van der Waals surface area contributed by atoms with Crippen LogP contribution in [0.2, 0.25) is 0 Å². The molecule has 1 amide bonds. The molecule has 3 aromatic rings. The Kier molecular flexibility index (Phi) is 5.91. The normalized spacial score (nSPS) is 10.9. The molecule has 27 heavy (non-hydrogen) atoms. The number of aryl methyl sites for hydroxylation is 1. The van der Waals surface area contributed by atoms with Gasteiger partial charge in [0.15, 0.2) is 0 Å². The number of amides is 1. The van der Waals surface area contributed by atoms with E-state index in [1.54, 1.807) is 0 Å². The lowest BCUT2D eigenvalue weighted by Crippen LogP contribution is -2.15. The zero-order valence-electron chi connectivity index (χ0n) is 14.6. The van der Waals surface area contributed by atoms with Crippen molar-refractivity contribution in [2.75, 3.05) is 11.1 Å². The predicted molar refractivity (Wildman–Crippen MR) is 103 cm³/mol. The highest BCUT2D eigenvalue weighted by molar-refractivity contribution is 7.99. The molecule has 2 aromatic carbocycles. The van der Waals surface area contributed by atoms with E-state index < -0.39 is 23.2 Å². The molecule has 140 valence electrons. The summed E-state index contributed by atoms with van der Waals surface area (Å²) in [5, 5.41) is 3.23. The van der Waals surface area contributed by atoms with Gasteiger partial charge < -0.3 is 9.73 Å². The fourth-order valence-corrected chi connectivity index (χ4v) is 3.46. The first kappa shape index (κ1) is 19.1. The van der Waals surface area contributed by atoms with Crippen molar-refractivity contribution < 1.29 is 18.0 Å². The molecular formula is C20H17F2NO3S. The van der Waals surface area contributed by atoms with Gasteiger partial charge in [-0.1, -0.05) is 19.1 Å². The molecular weight excluding hydrogens is 372 g/mol. The van der Waals surface area contributed by atoms with Gasteiger partial charge in [-0.3, -0.25) is 4.79 Å². The molecule has 0 unspecified atom stereocenters. The third-order valence-electron chi connectivity index (χ3n) is 4.00. The van der Waals surface area contributed by atoms with Crippen LogP contribution in [0.25, 0.3) is 11.0 Å². The number of fused-ring (bicyclic) bond motifs is 1. The van der Waals surface area contributed by atoms with E-state index in [9.17, 15) is 18.4 Å². The van der Waals surface area contributed by atoms with Gasteiger partial charge in [0.05, 0.1) is 11.4 Å². The van der Waals surface area contributed by atoms with Crippen molar-refractivity contribution in [1.29, 1.82) is 0 Å². The second-order valence-electron chi connectivity index (χ2n) is 5.94. The van der Waals surface area contributed by atoms with E-state index in [0.717, 1.165) is 29.0 Å². The van der Waals surface area contributed by atoms with Crippen molar-refractivity contribution >= 4 is 34.3 Å². The monoisotopic (exact) mass is 389 g/mol. The molecule has 1 heterocycles. The van der Waals surface area contributed by atoms with Crippen molar-refractivity contribution in [2.24, 2.45) is 0 Å². The van der Waals surface area contributed by atoms with Crippen LogP contribution in [0.1, 0.15) is 18.1 Å². The first-order valence-electron chi connectivity index (χ1n) is 8.34. The summed E-state index contributed by atoms with van der Waals surface area (Å²) < 4.78 is 31.7. The minimum Gasteiger partial charge on any atom is -0.423 e. The van der Waals surface area contributed by atoms with E-state index in [1.807, 2.05) is 25.1 Å². The van der Waals surface area contributed by atoms with E-state index in [4.69, 9.17) is 4.42 Å². The van der Waals surface area contributed by atoms with Crippen LogP contribution in [0.3, 0.4) is 0 Å². The van der Waals surface area contributed by atoms with Crippen molar-refractivity contribution in [3.63, 3.8) is 0 Å². The Hall–Kier alpha value is -2.67. The molecule has 4 nitrogen and oxygen atoms in total. The Morgan fingerprint density at radius 3 is 2.70 bits per heavy atom. The van der Waals surface area contributed by atoms with Crippen LogP contribution < -0.4 is 10.9 Å². The van der Waals surface area contributed by atoms with Gasteiger partial charge in [0.1, 0.15) is 17.2 Å². The average Bonchev–Trinajstić information content (AvgIpc) is 2.63. The van der Waals surface area contributed by atoms with Crippen LogP contribution in [0.5, 0.6) is 0 Å². The van der Waals surface area contributed by atoms with E-state index in [0.29, 0.717) is 17.4 Å². The van der Waals surface area contributed by atoms with Gasteiger partial charge >= 0.3 is 5.63 Å². The number of nitrogens with one attached hydrogen (secondary N) is 1. The highest BCUT2D eigenvalue weighted by Gasteiger charge is 2.10. The molecule has 1 N–H and O–H groups in total. The Balaban J connectivity index is 1.66. The third kappa shape index (κ3) is 4.74. The second-order valence-corrected chi connectivity index (χ2v) is 6.93. The van der Waals surface area contributed by atoms with Gasteiger partial charge in [-0.25, -0.2) is 13.6 Å². The molecule has 0 spiro atoms. The van der Waals surface area contributed by atoms with Crippen LogP contribution in [-0.4, -0.2) is 11.7 Å². The van der Waals surface area contributed by atoms with Gasteiger partial charge in [0.25, 0.3) is 0 Å². The third-order valence-corrected chi connectivity index (χ3v) is 4.98. The number of halogens is 2. The zero-order valence-corrected chi connectivity index (χ0v) is 15.4. The second kappa shape index (κ2) is 8.35. The summed E-state index contributed by atoms with van der Waals surface area (Å²) in [5.41, 5.74) is 1.85. The highest BCUT2D eigenvalue weighted by Crippen LogP contribution is 2.23. The average molecular weight is 389 g/mol. The summed E-state index contributed by atoms with van der Waals surface area (Å²) in [6.45, 7) is 2.02. The lowest BCUT2D eigenvalue weighted by atomic mass is 10.1. The summed E-state index contributed by atoms with van der Waals surface area (Å²) >= 11 is 1.29. The number of hydrogen-bond donors (Lipinski definition) is 1. The van der Waals surface area contributed by atoms with Crippen molar-refractivity contribution in [2.45, 2.75) is 19.1 Å². The van der Waals surface area contributed by atoms with Crippen LogP contribution in [0.4, 0.5) is 14.5 Å². The first-order chi connectivity index (χ1) is 13.0. The molecule has 0 atom stereocenters. The lowest BCUT2D eigenvalue weighted by molar-refractivity contribution is -0.113. The van der Waals surface area contributed by atoms with Crippen LogP contribution in [0.15, 0.2) is 51.7 Å². The molecule has 0 aliphatic rings. The van der Waals surface area contributed by atoms with Gasteiger partial charge in [-0.05, 0) is 35.7 Å².